The topological polar surface area (TPSA) is 55.6 Å². The highest BCUT2D eigenvalue weighted by molar-refractivity contribution is 7.99. The fourth-order valence-electron chi connectivity index (χ4n) is 2.57. The Morgan fingerprint density at radius 3 is 2.78 bits per heavy atom. The Balaban J connectivity index is 1.64. The highest BCUT2D eigenvalue weighted by atomic mass is 35.5. The molecule has 1 aliphatic rings. The fourth-order valence-corrected chi connectivity index (χ4v) is 3.75. The Morgan fingerprint density at radius 1 is 1.35 bits per heavy atom. The van der Waals surface area contributed by atoms with Crippen molar-refractivity contribution in [3.05, 3.63) is 29.3 Å². The molecule has 0 aliphatic carbocycles. The van der Waals surface area contributed by atoms with E-state index in [2.05, 4.69) is 0 Å². The number of nitrogens with zero attached hydrogens (tertiary/aromatic N) is 1. The second-order valence-corrected chi connectivity index (χ2v) is 7.17. The number of benzene rings is 1. The van der Waals surface area contributed by atoms with Crippen molar-refractivity contribution >= 4 is 29.3 Å². The minimum Gasteiger partial charge on any atom is -0.378 e. The van der Waals surface area contributed by atoms with Gasteiger partial charge in [-0.15, -0.1) is 11.8 Å². The first-order valence-electron chi connectivity index (χ1n) is 8.17. The molecule has 1 aliphatic heterocycles. The Morgan fingerprint density at radius 2 is 2.09 bits per heavy atom. The molecule has 1 fully saturated rings. The quantitative estimate of drug-likeness (QED) is 0.574. The van der Waals surface area contributed by atoms with Crippen molar-refractivity contribution in [3.8, 4) is 0 Å². The van der Waals surface area contributed by atoms with Crippen molar-refractivity contribution in [1.29, 1.82) is 0 Å². The molecule has 6 heteroatoms. The number of rotatable bonds is 8. The van der Waals surface area contributed by atoms with Gasteiger partial charge in [-0.2, -0.15) is 0 Å². The van der Waals surface area contributed by atoms with Crippen molar-refractivity contribution in [2.75, 3.05) is 32.0 Å². The summed E-state index contributed by atoms with van der Waals surface area (Å²) in [6, 6.07) is 7.74. The maximum absolute atomic E-state index is 12.3. The van der Waals surface area contributed by atoms with Crippen LogP contribution in [0.4, 0.5) is 0 Å². The molecule has 1 aromatic rings. The van der Waals surface area contributed by atoms with E-state index in [1.54, 1.807) is 11.8 Å². The van der Waals surface area contributed by atoms with Gasteiger partial charge in [0.05, 0.1) is 11.1 Å². The number of amides is 1. The largest absolute Gasteiger partial charge is 0.378 e. The molecular formula is C17H25ClN2O2S. The van der Waals surface area contributed by atoms with Crippen LogP contribution >= 0.6 is 23.4 Å². The first-order chi connectivity index (χ1) is 11.2. The molecule has 0 bridgehead atoms. The molecule has 1 saturated heterocycles. The summed E-state index contributed by atoms with van der Waals surface area (Å²) in [5.74, 6) is 0.986. The zero-order valence-electron chi connectivity index (χ0n) is 13.4. The molecule has 2 N–H and O–H groups in total. The van der Waals surface area contributed by atoms with E-state index in [1.165, 1.54) is 0 Å². The van der Waals surface area contributed by atoms with Crippen LogP contribution in [-0.2, 0) is 9.53 Å². The van der Waals surface area contributed by atoms with Crippen LogP contribution in [0.5, 0.6) is 0 Å². The van der Waals surface area contributed by atoms with Crippen LogP contribution < -0.4 is 5.73 Å². The Bertz CT molecular complexity index is 493. The minimum atomic E-state index is 0.227. The summed E-state index contributed by atoms with van der Waals surface area (Å²) in [7, 11) is 0. The second kappa shape index (κ2) is 10.2. The van der Waals surface area contributed by atoms with Crippen molar-refractivity contribution in [2.45, 2.75) is 36.7 Å². The number of halogens is 1. The maximum atomic E-state index is 12.3. The summed E-state index contributed by atoms with van der Waals surface area (Å²) >= 11 is 7.76. The van der Waals surface area contributed by atoms with Crippen LogP contribution in [0.1, 0.15) is 25.7 Å². The number of ether oxygens (including phenoxy) is 1. The van der Waals surface area contributed by atoms with Gasteiger partial charge < -0.3 is 15.4 Å². The molecule has 0 atom stereocenters. The molecule has 4 nitrogen and oxygen atoms in total. The Labute approximate surface area is 147 Å². The number of nitrogens with two attached hydrogens (primary N) is 1. The second-order valence-electron chi connectivity index (χ2n) is 5.62. The predicted octanol–water partition coefficient (Wildman–Crippen LogP) is 3.18. The summed E-state index contributed by atoms with van der Waals surface area (Å²) in [6.45, 7) is 2.98. The number of thioether (sulfide) groups is 1. The first kappa shape index (κ1) is 18.6. The van der Waals surface area contributed by atoms with E-state index in [0.717, 1.165) is 54.6 Å². The average molecular weight is 357 g/mol. The number of carbonyl (C=O) groups is 1. The Kier molecular flexibility index (Phi) is 8.23. The molecule has 1 heterocycles. The van der Waals surface area contributed by atoms with E-state index in [0.29, 0.717) is 13.0 Å². The molecule has 0 unspecified atom stereocenters. The highest BCUT2D eigenvalue weighted by Crippen LogP contribution is 2.27. The molecule has 1 aromatic carbocycles. The van der Waals surface area contributed by atoms with Crippen LogP contribution in [0.15, 0.2) is 29.2 Å². The lowest BCUT2D eigenvalue weighted by Gasteiger charge is -2.32. The van der Waals surface area contributed by atoms with Crippen molar-refractivity contribution < 1.29 is 9.53 Å². The van der Waals surface area contributed by atoms with E-state index in [4.69, 9.17) is 22.1 Å². The van der Waals surface area contributed by atoms with Crippen molar-refractivity contribution in [1.82, 2.24) is 4.90 Å². The lowest BCUT2D eigenvalue weighted by molar-refractivity contribution is -0.133. The predicted molar refractivity (Wildman–Crippen MR) is 96.0 cm³/mol. The number of hydrogen-bond acceptors (Lipinski definition) is 4. The zero-order valence-corrected chi connectivity index (χ0v) is 15.0. The molecule has 0 aromatic heterocycles. The minimum absolute atomic E-state index is 0.227. The van der Waals surface area contributed by atoms with Crippen LogP contribution in [-0.4, -0.2) is 48.9 Å². The summed E-state index contributed by atoms with van der Waals surface area (Å²) in [5, 5.41) is 0.750. The standard InChI is InChI=1S/C17H25ClN2O2S/c18-15-4-1-2-5-16(15)23-13-8-17(21)20-10-6-14(7-11-20)22-12-3-9-19/h1-2,4-5,14H,3,6-13,19H2. The molecule has 0 saturated carbocycles. The highest BCUT2D eigenvalue weighted by Gasteiger charge is 2.22. The number of carbonyl (C=O) groups excluding carboxylic acids is 1. The van der Waals surface area contributed by atoms with Gasteiger partial charge in [-0.1, -0.05) is 23.7 Å². The van der Waals surface area contributed by atoms with Crippen molar-refractivity contribution in [2.24, 2.45) is 5.73 Å². The SMILES string of the molecule is NCCCOC1CCN(C(=O)CCSc2ccccc2Cl)CC1. The van der Waals surface area contributed by atoms with Crippen molar-refractivity contribution in [3.63, 3.8) is 0 Å². The summed E-state index contributed by atoms with van der Waals surface area (Å²) in [6.07, 6.45) is 3.58. The number of hydrogen-bond donors (Lipinski definition) is 1. The van der Waals surface area contributed by atoms with E-state index in [1.807, 2.05) is 29.2 Å². The molecule has 128 valence electrons. The number of piperidine rings is 1. The zero-order chi connectivity index (χ0) is 16.5. The summed E-state index contributed by atoms with van der Waals surface area (Å²) in [4.78, 5) is 15.3. The molecule has 1 amide bonds. The van der Waals surface area contributed by atoms with Gasteiger partial charge in [0, 0.05) is 36.8 Å². The van der Waals surface area contributed by atoms with Crippen LogP contribution in [0.2, 0.25) is 5.02 Å². The van der Waals surface area contributed by atoms with E-state index in [-0.39, 0.29) is 12.0 Å². The third kappa shape index (κ3) is 6.34. The van der Waals surface area contributed by atoms with E-state index in [9.17, 15) is 4.79 Å². The number of likely N-dealkylation sites (tertiary alicyclic amines) is 1. The first-order valence-corrected chi connectivity index (χ1v) is 9.54. The van der Waals surface area contributed by atoms with Crippen LogP contribution in [0.3, 0.4) is 0 Å². The van der Waals surface area contributed by atoms with Crippen LogP contribution in [0, 0.1) is 0 Å². The summed E-state index contributed by atoms with van der Waals surface area (Å²) in [5.41, 5.74) is 5.46. The van der Waals surface area contributed by atoms with Gasteiger partial charge in [-0.05, 0) is 37.9 Å². The lowest BCUT2D eigenvalue weighted by atomic mass is 10.1. The van der Waals surface area contributed by atoms with Gasteiger partial charge in [0.25, 0.3) is 0 Å². The lowest BCUT2D eigenvalue weighted by Crippen LogP contribution is -2.41. The molecule has 23 heavy (non-hydrogen) atoms. The van der Waals surface area contributed by atoms with Gasteiger partial charge in [0.2, 0.25) is 5.91 Å². The smallest absolute Gasteiger partial charge is 0.223 e. The maximum Gasteiger partial charge on any atom is 0.223 e. The molecule has 0 radical (unpaired) electrons. The monoisotopic (exact) mass is 356 g/mol. The summed E-state index contributed by atoms with van der Waals surface area (Å²) < 4.78 is 5.77. The van der Waals surface area contributed by atoms with Gasteiger partial charge in [-0.25, -0.2) is 0 Å². The normalized spacial score (nSPS) is 15.8. The van der Waals surface area contributed by atoms with Crippen LogP contribution in [0.25, 0.3) is 0 Å². The molecule has 2 rings (SSSR count). The van der Waals surface area contributed by atoms with E-state index >= 15 is 0 Å². The van der Waals surface area contributed by atoms with Gasteiger partial charge >= 0.3 is 0 Å². The molecular weight excluding hydrogens is 332 g/mol. The van der Waals surface area contributed by atoms with Gasteiger partial charge in [0.1, 0.15) is 0 Å². The Hall–Kier alpha value is -0.750. The third-order valence-corrected chi connectivity index (χ3v) is 5.42. The van der Waals surface area contributed by atoms with Gasteiger partial charge in [0.15, 0.2) is 0 Å². The third-order valence-electron chi connectivity index (χ3n) is 3.91. The molecule has 0 spiro atoms. The van der Waals surface area contributed by atoms with Gasteiger partial charge in [-0.3, -0.25) is 4.79 Å². The average Bonchev–Trinajstić information content (AvgIpc) is 2.57. The van der Waals surface area contributed by atoms with E-state index < -0.39 is 0 Å². The fraction of sp³-hybridized carbons (Fsp3) is 0.588.